The van der Waals surface area contributed by atoms with Crippen molar-refractivity contribution in [2.45, 2.75) is 50.0 Å². The van der Waals surface area contributed by atoms with Crippen LogP contribution >= 0.6 is 11.8 Å². The van der Waals surface area contributed by atoms with Crippen molar-refractivity contribution in [3.05, 3.63) is 35.4 Å². The monoisotopic (exact) mass is 417 g/mol. The van der Waals surface area contributed by atoms with Gasteiger partial charge in [0.2, 0.25) is 5.91 Å². The van der Waals surface area contributed by atoms with Gasteiger partial charge in [-0.3, -0.25) is 4.79 Å². The van der Waals surface area contributed by atoms with E-state index in [9.17, 15) is 22.8 Å². The van der Waals surface area contributed by atoms with Crippen LogP contribution in [0, 0.1) is 0 Å². The summed E-state index contributed by atoms with van der Waals surface area (Å²) < 4.78 is 38.4. The van der Waals surface area contributed by atoms with Crippen LogP contribution in [-0.2, 0) is 11.0 Å². The van der Waals surface area contributed by atoms with Crippen LogP contribution in [0.4, 0.5) is 18.0 Å². The molecule has 1 N–H and O–H groups in total. The zero-order valence-electron chi connectivity index (χ0n) is 16.6. The molecule has 1 aliphatic rings. The van der Waals surface area contributed by atoms with Gasteiger partial charge in [-0.1, -0.05) is 12.1 Å². The summed E-state index contributed by atoms with van der Waals surface area (Å²) in [5, 5.41) is 2.19. The summed E-state index contributed by atoms with van der Waals surface area (Å²) in [5.74, 6) is -0.0838. The van der Waals surface area contributed by atoms with Gasteiger partial charge in [-0.05, 0) is 45.4 Å². The van der Waals surface area contributed by atoms with E-state index in [4.69, 9.17) is 0 Å². The fourth-order valence-corrected chi connectivity index (χ4v) is 4.08. The van der Waals surface area contributed by atoms with E-state index in [-0.39, 0.29) is 28.1 Å². The average Bonchev–Trinajstić information content (AvgIpc) is 2.85. The molecule has 1 aromatic rings. The van der Waals surface area contributed by atoms with Crippen LogP contribution in [0.15, 0.2) is 24.3 Å². The van der Waals surface area contributed by atoms with Gasteiger partial charge in [-0.25, -0.2) is 4.79 Å². The number of nitrogens with zero attached hydrogens (tertiary/aromatic N) is 2. The largest absolute Gasteiger partial charge is 0.416 e. The molecule has 0 spiro atoms. The minimum absolute atomic E-state index is 0.0838. The smallest absolute Gasteiger partial charge is 0.333 e. The third-order valence-corrected chi connectivity index (χ3v) is 5.67. The first-order chi connectivity index (χ1) is 12.8. The highest BCUT2D eigenvalue weighted by atomic mass is 32.2. The summed E-state index contributed by atoms with van der Waals surface area (Å²) in [7, 11) is 1.64. The van der Waals surface area contributed by atoms with Gasteiger partial charge in [0.15, 0.2) is 0 Å². The Morgan fingerprint density at radius 2 is 1.79 bits per heavy atom. The zero-order valence-corrected chi connectivity index (χ0v) is 17.4. The molecule has 3 amide bonds. The maximum Gasteiger partial charge on any atom is 0.416 e. The van der Waals surface area contributed by atoms with Gasteiger partial charge in [-0.2, -0.15) is 13.2 Å². The molecular weight excluding hydrogens is 391 g/mol. The molecule has 0 aliphatic carbocycles. The van der Waals surface area contributed by atoms with E-state index in [1.165, 1.54) is 28.8 Å². The Bertz CT molecular complexity index is 717. The van der Waals surface area contributed by atoms with Crippen LogP contribution in [0.5, 0.6) is 0 Å². The molecule has 0 aromatic heterocycles. The molecule has 0 saturated carbocycles. The maximum atomic E-state index is 12.8. The summed E-state index contributed by atoms with van der Waals surface area (Å²) in [6.07, 6.45) is -4.40. The summed E-state index contributed by atoms with van der Waals surface area (Å²) in [5.41, 5.74) is -0.455. The van der Waals surface area contributed by atoms with Crippen molar-refractivity contribution < 1.29 is 22.8 Å². The lowest BCUT2D eigenvalue weighted by molar-refractivity contribution is -0.137. The van der Waals surface area contributed by atoms with Gasteiger partial charge in [0.05, 0.1) is 10.8 Å². The van der Waals surface area contributed by atoms with Crippen molar-refractivity contribution in [1.29, 1.82) is 0 Å². The summed E-state index contributed by atoms with van der Waals surface area (Å²) >= 11 is 1.39. The maximum absolute atomic E-state index is 12.8. The molecule has 2 rings (SSSR count). The standard InChI is InChI=1S/C19H26F3N3O2S/c1-12-15(26)25(11-10-24(5)17(27)23-18(2,3)4)16(28-12)13-6-8-14(9-7-13)19(20,21)22/h6-9,12,16H,10-11H2,1-5H3,(H,23,27)/t12-,16-/m1/s1. The summed E-state index contributed by atoms with van der Waals surface area (Å²) in [6, 6.07) is 4.64. The Labute approximate surface area is 167 Å². The number of benzene rings is 1. The molecule has 1 fully saturated rings. The molecule has 1 aromatic carbocycles. The van der Waals surface area contributed by atoms with Crippen LogP contribution in [0.25, 0.3) is 0 Å². The molecule has 9 heteroatoms. The zero-order chi connectivity index (χ0) is 21.3. The van der Waals surface area contributed by atoms with Crippen LogP contribution in [0.3, 0.4) is 0 Å². The van der Waals surface area contributed by atoms with E-state index in [1.54, 1.807) is 18.9 Å². The van der Waals surface area contributed by atoms with Crippen LogP contribution < -0.4 is 5.32 Å². The first kappa shape index (κ1) is 22.4. The van der Waals surface area contributed by atoms with E-state index in [1.807, 2.05) is 20.8 Å². The number of alkyl halides is 3. The number of thioether (sulfide) groups is 1. The first-order valence-electron chi connectivity index (χ1n) is 8.96. The van der Waals surface area contributed by atoms with Crippen LogP contribution in [-0.4, -0.2) is 52.7 Å². The number of carbonyl (C=O) groups is 2. The molecule has 5 nitrogen and oxygen atoms in total. The second-order valence-electron chi connectivity index (χ2n) is 7.88. The number of urea groups is 1. The highest BCUT2D eigenvalue weighted by Crippen LogP contribution is 2.43. The van der Waals surface area contributed by atoms with Gasteiger partial charge in [0.1, 0.15) is 5.37 Å². The molecule has 28 heavy (non-hydrogen) atoms. The number of nitrogens with one attached hydrogen (secondary N) is 1. The number of halogens is 3. The molecule has 1 aliphatic heterocycles. The molecule has 1 saturated heterocycles. The van der Waals surface area contributed by atoms with Crippen molar-refractivity contribution in [3.8, 4) is 0 Å². The first-order valence-corrected chi connectivity index (χ1v) is 9.90. The molecule has 1 heterocycles. The predicted octanol–water partition coefficient (Wildman–Crippen LogP) is 4.11. The van der Waals surface area contributed by atoms with E-state index >= 15 is 0 Å². The van der Waals surface area contributed by atoms with E-state index in [2.05, 4.69) is 5.32 Å². The molecule has 0 bridgehead atoms. The van der Waals surface area contributed by atoms with Crippen molar-refractivity contribution in [2.24, 2.45) is 0 Å². The second kappa shape index (κ2) is 8.23. The lowest BCUT2D eigenvalue weighted by Crippen LogP contribution is -2.49. The lowest BCUT2D eigenvalue weighted by atomic mass is 10.1. The van der Waals surface area contributed by atoms with Gasteiger partial charge < -0.3 is 15.1 Å². The number of carbonyl (C=O) groups excluding carboxylic acids is 2. The predicted molar refractivity (Wildman–Crippen MR) is 104 cm³/mol. The summed E-state index contributed by atoms with van der Waals surface area (Å²) in [6.45, 7) is 8.03. The SMILES string of the molecule is C[C@H]1S[C@H](c2ccc(C(F)(F)F)cc2)N(CCN(C)C(=O)NC(C)(C)C)C1=O. The van der Waals surface area contributed by atoms with Crippen LogP contribution in [0.2, 0.25) is 0 Å². The van der Waals surface area contributed by atoms with Gasteiger partial charge in [0, 0.05) is 25.7 Å². The Hall–Kier alpha value is -1.90. The van der Waals surface area contributed by atoms with Crippen molar-refractivity contribution >= 4 is 23.7 Å². The van der Waals surface area contributed by atoms with Crippen molar-refractivity contribution in [3.63, 3.8) is 0 Å². The Balaban J connectivity index is 2.09. The number of hydrogen-bond acceptors (Lipinski definition) is 3. The van der Waals surface area contributed by atoms with Crippen molar-refractivity contribution in [1.82, 2.24) is 15.1 Å². The summed E-state index contributed by atoms with van der Waals surface area (Å²) in [4.78, 5) is 27.8. The molecule has 156 valence electrons. The highest BCUT2D eigenvalue weighted by Gasteiger charge is 2.39. The Kier molecular flexibility index (Phi) is 6.58. The Morgan fingerprint density at radius 1 is 1.21 bits per heavy atom. The Morgan fingerprint density at radius 3 is 2.29 bits per heavy atom. The third-order valence-electron chi connectivity index (χ3n) is 4.28. The van der Waals surface area contributed by atoms with Gasteiger partial charge in [0.25, 0.3) is 0 Å². The number of rotatable bonds is 4. The van der Waals surface area contributed by atoms with E-state index < -0.39 is 11.7 Å². The second-order valence-corrected chi connectivity index (χ2v) is 9.31. The third kappa shape index (κ3) is 5.56. The topological polar surface area (TPSA) is 52.6 Å². The van der Waals surface area contributed by atoms with E-state index in [0.717, 1.165) is 12.1 Å². The molecular formula is C19H26F3N3O2S. The van der Waals surface area contributed by atoms with E-state index in [0.29, 0.717) is 18.7 Å². The normalized spacial score (nSPS) is 20.4. The quantitative estimate of drug-likeness (QED) is 0.802. The highest BCUT2D eigenvalue weighted by molar-refractivity contribution is 8.01. The molecule has 0 radical (unpaired) electrons. The fourth-order valence-electron chi connectivity index (χ4n) is 2.77. The fraction of sp³-hybridized carbons (Fsp3) is 0.579. The van der Waals surface area contributed by atoms with Gasteiger partial charge >= 0.3 is 12.2 Å². The number of amides is 3. The van der Waals surface area contributed by atoms with Crippen LogP contribution in [0.1, 0.15) is 44.2 Å². The minimum atomic E-state index is -4.40. The molecule has 0 unspecified atom stereocenters. The number of hydrogen-bond donors (Lipinski definition) is 1. The van der Waals surface area contributed by atoms with Crippen molar-refractivity contribution in [2.75, 3.05) is 20.1 Å². The van der Waals surface area contributed by atoms with Gasteiger partial charge in [-0.15, -0.1) is 11.8 Å². The lowest BCUT2D eigenvalue weighted by Gasteiger charge is -2.29. The minimum Gasteiger partial charge on any atom is -0.333 e. The molecule has 2 atom stereocenters. The number of likely N-dealkylation sites (N-methyl/N-ethyl adjacent to an activating group) is 1. The average molecular weight is 417 g/mol.